The molecule has 0 aliphatic rings. The number of rotatable bonds is 6. The van der Waals surface area contributed by atoms with E-state index in [1.807, 2.05) is 38.1 Å². The van der Waals surface area contributed by atoms with E-state index in [0.29, 0.717) is 24.3 Å². The van der Waals surface area contributed by atoms with Crippen LogP contribution in [0.3, 0.4) is 0 Å². The van der Waals surface area contributed by atoms with Crippen LogP contribution in [-0.2, 0) is 4.79 Å². The van der Waals surface area contributed by atoms with Gasteiger partial charge in [-0.25, -0.2) is 4.68 Å². The summed E-state index contributed by atoms with van der Waals surface area (Å²) >= 11 is 1.58. The molecule has 0 fully saturated rings. The van der Waals surface area contributed by atoms with Gasteiger partial charge in [-0.2, -0.15) is 5.10 Å². The van der Waals surface area contributed by atoms with E-state index >= 15 is 0 Å². The molecular weight excluding hydrogens is 346 g/mol. The summed E-state index contributed by atoms with van der Waals surface area (Å²) in [5.74, 6) is 0.382. The van der Waals surface area contributed by atoms with Crippen LogP contribution >= 0.6 is 11.3 Å². The first-order valence-corrected chi connectivity index (χ1v) is 9.94. The third-order valence-corrected chi connectivity index (χ3v) is 5.89. The number of benzene rings is 1. The van der Waals surface area contributed by atoms with Crippen molar-refractivity contribution in [2.75, 3.05) is 6.54 Å². The molecule has 3 rings (SSSR count). The molecule has 1 N–H and O–H groups in total. The van der Waals surface area contributed by atoms with Gasteiger partial charge >= 0.3 is 0 Å². The third kappa shape index (κ3) is 3.38. The highest BCUT2D eigenvalue weighted by Crippen LogP contribution is 2.33. The number of nitrogens with zero attached hydrogens (tertiary/aromatic N) is 2. The van der Waals surface area contributed by atoms with Crippen LogP contribution in [0.25, 0.3) is 20.2 Å². The zero-order chi connectivity index (χ0) is 18.8. The van der Waals surface area contributed by atoms with Gasteiger partial charge in [-0.1, -0.05) is 39.0 Å². The van der Waals surface area contributed by atoms with Gasteiger partial charge in [-0.15, -0.1) is 11.3 Å². The Labute approximate surface area is 157 Å². The molecule has 0 saturated carbocycles. The van der Waals surface area contributed by atoms with Crippen molar-refractivity contribution in [3.8, 4) is 0 Å². The topological polar surface area (TPSA) is 64.0 Å². The smallest absolute Gasteiger partial charge is 0.276 e. The van der Waals surface area contributed by atoms with Crippen LogP contribution in [0, 0.1) is 12.8 Å². The fourth-order valence-corrected chi connectivity index (χ4v) is 4.30. The second-order valence-corrected chi connectivity index (χ2v) is 8.09. The van der Waals surface area contributed by atoms with Crippen LogP contribution in [0.4, 0.5) is 0 Å². The minimum absolute atomic E-state index is 0.138. The van der Waals surface area contributed by atoms with Gasteiger partial charge in [0.25, 0.3) is 5.56 Å². The number of hydrogen-bond donors (Lipinski definition) is 1. The number of aryl methyl sites for hydroxylation is 1. The summed E-state index contributed by atoms with van der Waals surface area (Å²) in [5, 5.41) is 9.05. The molecule has 0 saturated heterocycles. The Morgan fingerprint density at radius 2 is 2.04 bits per heavy atom. The maximum Gasteiger partial charge on any atom is 0.276 e. The van der Waals surface area contributed by atoms with Gasteiger partial charge in [-0.05, 0) is 31.7 Å². The summed E-state index contributed by atoms with van der Waals surface area (Å²) in [6, 6.07) is 7.29. The summed E-state index contributed by atoms with van der Waals surface area (Å²) < 4.78 is 3.35. The number of aromatic nitrogens is 2. The lowest BCUT2D eigenvalue weighted by Crippen LogP contribution is -2.39. The Hall–Kier alpha value is -2.21. The summed E-state index contributed by atoms with van der Waals surface area (Å²) in [7, 11) is 0. The van der Waals surface area contributed by atoms with Gasteiger partial charge < -0.3 is 5.32 Å². The molecule has 6 heteroatoms. The second-order valence-electron chi connectivity index (χ2n) is 7.04. The number of carbonyl (C=O) groups excluding carboxylic acids is 1. The van der Waals surface area contributed by atoms with Crippen LogP contribution in [0.15, 0.2) is 29.1 Å². The number of carbonyl (C=O) groups is 1. The molecule has 0 spiro atoms. The summed E-state index contributed by atoms with van der Waals surface area (Å²) in [6.45, 7) is 8.66. The van der Waals surface area contributed by atoms with Gasteiger partial charge in [0.1, 0.15) is 6.04 Å². The molecule has 5 nitrogen and oxygen atoms in total. The lowest BCUT2D eigenvalue weighted by atomic mass is 10.1. The average molecular weight is 372 g/mol. The maximum atomic E-state index is 13.2. The lowest BCUT2D eigenvalue weighted by molar-refractivity contribution is -0.124. The lowest BCUT2D eigenvalue weighted by Gasteiger charge is -2.18. The first kappa shape index (κ1) is 18.6. The van der Waals surface area contributed by atoms with E-state index in [9.17, 15) is 9.59 Å². The van der Waals surface area contributed by atoms with Gasteiger partial charge in [0.15, 0.2) is 0 Å². The van der Waals surface area contributed by atoms with Crippen molar-refractivity contribution in [2.45, 2.75) is 46.6 Å². The summed E-state index contributed by atoms with van der Waals surface area (Å²) in [4.78, 5) is 25.8. The van der Waals surface area contributed by atoms with Crippen molar-refractivity contribution < 1.29 is 4.79 Å². The molecule has 1 unspecified atom stereocenters. The van der Waals surface area contributed by atoms with Crippen molar-refractivity contribution in [3.05, 3.63) is 40.3 Å². The zero-order valence-corrected chi connectivity index (χ0v) is 16.5. The van der Waals surface area contributed by atoms with Crippen LogP contribution in [0.1, 0.15) is 45.3 Å². The van der Waals surface area contributed by atoms with E-state index in [2.05, 4.69) is 24.3 Å². The van der Waals surface area contributed by atoms with Crippen molar-refractivity contribution >= 4 is 37.4 Å². The largest absolute Gasteiger partial charge is 0.354 e. The van der Waals surface area contributed by atoms with Crippen LogP contribution in [0.2, 0.25) is 0 Å². The molecule has 0 aliphatic carbocycles. The number of hydrogen-bond acceptors (Lipinski definition) is 4. The molecule has 138 valence electrons. The third-order valence-electron chi connectivity index (χ3n) is 4.61. The summed E-state index contributed by atoms with van der Waals surface area (Å²) in [5.41, 5.74) is 0.600. The molecule has 3 aromatic rings. The van der Waals surface area contributed by atoms with E-state index in [0.717, 1.165) is 26.9 Å². The van der Waals surface area contributed by atoms with Crippen molar-refractivity contribution in [1.29, 1.82) is 0 Å². The standard InChI is InChI=1S/C20H25N3O2S/c1-5-15(19(24)21-11-10-12(2)3)23-20(25)17-14-8-6-7-9-16(14)26-18(17)13(4)22-23/h6-9,12,15H,5,10-11H2,1-4H3,(H,21,24). The Kier molecular flexibility index (Phi) is 5.41. The fraction of sp³-hybridized carbons (Fsp3) is 0.450. The Morgan fingerprint density at radius 3 is 2.73 bits per heavy atom. The normalized spacial score (nSPS) is 12.8. The van der Waals surface area contributed by atoms with Crippen LogP contribution < -0.4 is 10.9 Å². The van der Waals surface area contributed by atoms with E-state index in [4.69, 9.17) is 0 Å². The molecule has 1 amide bonds. The van der Waals surface area contributed by atoms with E-state index in [1.54, 1.807) is 11.3 Å². The number of thiophene rings is 1. The quantitative estimate of drug-likeness (QED) is 0.711. The minimum atomic E-state index is -0.587. The Morgan fingerprint density at radius 1 is 1.31 bits per heavy atom. The first-order valence-electron chi connectivity index (χ1n) is 9.12. The maximum absolute atomic E-state index is 13.2. The second kappa shape index (κ2) is 7.58. The highest BCUT2D eigenvalue weighted by atomic mass is 32.1. The van der Waals surface area contributed by atoms with E-state index in [-0.39, 0.29) is 11.5 Å². The molecule has 0 bridgehead atoms. The molecule has 1 atom stereocenters. The van der Waals surface area contributed by atoms with Crippen molar-refractivity contribution in [3.63, 3.8) is 0 Å². The first-order chi connectivity index (χ1) is 12.4. The SMILES string of the molecule is CCC(C(=O)NCCC(C)C)n1nc(C)c2sc3ccccc3c2c1=O. The zero-order valence-electron chi connectivity index (χ0n) is 15.7. The number of amides is 1. The molecule has 2 aromatic heterocycles. The number of fused-ring (bicyclic) bond motifs is 3. The van der Waals surface area contributed by atoms with Crippen molar-refractivity contribution in [2.24, 2.45) is 5.92 Å². The fourth-order valence-electron chi connectivity index (χ4n) is 3.16. The molecule has 26 heavy (non-hydrogen) atoms. The summed E-state index contributed by atoms with van der Waals surface area (Å²) in [6.07, 6.45) is 1.44. The Bertz CT molecular complexity index is 1000. The number of nitrogens with one attached hydrogen (secondary N) is 1. The van der Waals surface area contributed by atoms with Gasteiger partial charge in [0, 0.05) is 16.6 Å². The average Bonchev–Trinajstić information content (AvgIpc) is 3.00. The molecule has 0 radical (unpaired) electrons. The predicted octanol–water partition coefficient (Wildman–Crippen LogP) is 4.03. The Balaban J connectivity index is 2.06. The highest BCUT2D eigenvalue weighted by molar-refractivity contribution is 7.26. The van der Waals surface area contributed by atoms with Gasteiger partial charge in [0.2, 0.25) is 5.91 Å². The predicted molar refractivity (Wildman–Crippen MR) is 108 cm³/mol. The highest BCUT2D eigenvalue weighted by Gasteiger charge is 2.24. The van der Waals surface area contributed by atoms with Gasteiger partial charge in [0.05, 0.1) is 15.8 Å². The minimum Gasteiger partial charge on any atom is -0.354 e. The van der Waals surface area contributed by atoms with Crippen molar-refractivity contribution in [1.82, 2.24) is 15.1 Å². The molecular formula is C20H25N3O2S. The monoisotopic (exact) mass is 371 g/mol. The molecule has 0 aliphatic heterocycles. The van der Waals surface area contributed by atoms with E-state index < -0.39 is 6.04 Å². The van der Waals surface area contributed by atoms with Crippen LogP contribution in [0.5, 0.6) is 0 Å². The molecule has 1 aromatic carbocycles. The van der Waals surface area contributed by atoms with Gasteiger partial charge in [-0.3, -0.25) is 9.59 Å². The van der Waals surface area contributed by atoms with E-state index in [1.165, 1.54) is 4.68 Å². The molecule has 2 heterocycles. The van der Waals surface area contributed by atoms with Crippen LogP contribution in [-0.4, -0.2) is 22.2 Å².